The maximum Gasteiger partial charge on any atom is 0.234 e. The number of carbonyl (C=O) groups is 1. The molecule has 2 unspecified atom stereocenters. The van der Waals surface area contributed by atoms with Crippen LogP contribution in [0.15, 0.2) is 18.2 Å². The number of anilines is 1. The molecule has 0 bridgehead atoms. The summed E-state index contributed by atoms with van der Waals surface area (Å²) in [6.45, 7) is 4.02. The Bertz CT molecular complexity index is 428. The first kappa shape index (κ1) is 11.1. The summed E-state index contributed by atoms with van der Waals surface area (Å²) in [6, 6.07) is 6.17. The zero-order valence-corrected chi connectivity index (χ0v) is 10.0. The fourth-order valence-corrected chi connectivity index (χ4v) is 2.23. The summed E-state index contributed by atoms with van der Waals surface area (Å²) in [4.78, 5) is 13.5. The van der Waals surface area contributed by atoms with Crippen molar-refractivity contribution in [1.29, 1.82) is 0 Å². The van der Waals surface area contributed by atoms with Gasteiger partial charge in [-0.3, -0.25) is 4.79 Å². The van der Waals surface area contributed by atoms with Crippen LogP contribution in [0.3, 0.4) is 0 Å². The Morgan fingerprint density at radius 2 is 2.19 bits per heavy atom. The van der Waals surface area contributed by atoms with Gasteiger partial charge in [-0.2, -0.15) is 0 Å². The highest BCUT2D eigenvalue weighted by molar-refractivity contribution is 6.04. The molecule has 16 heavy (non-hydrogen) atoms. The van der Waals surface area contributed by atoms with Crippen molar-refractivity contribution < 1.29 is 4.79 Å². The first-order chi connectivity index (χ1) is 7.56. The maximum atomic E-state index is 11.8. The lowest BCUT2D eigenvalue weighted by Gasteiger charge is -2.13. The summed E-state index contributed by atoms with van der Waals surface area (Å²) >= 11 is 0. The molecule has 2 atom stereocenters. The molecule has 3 heteroatoms. The number of benzene rings is 1. The van der Waals surface area contributed by atoms with Crippen LogP contribution in [0, 0.1) is 0 Å². The Balaban J connectivity index is 2.45. The number of amides is 1. The highest BCUT2D eigenvalue weighted by Gasteiger charge is 2.31. The van der Waals surface area contributed by atoms with Gasteiger partial charge in [0.05, 0.1) is 5.92 Å². The highest BCUT2D eigenvalue weighted by atomic mass is 16.2. The fourth-order valence-electron chi connectivity index (χ4n) is 2.23. The molecule has 0 saturated heterocycles. The van der Waals surface area contributed by atoms with Gasteiger partial charge in [0.25, 0.3) is 0 Å². The van der Waals surface area contributed by atoms with Crippen molar-refractivity contribution in [2.24, 2.45) is 5.73 Å². The molecule has 1 aromatic carbocycles. The number of nitrogens with zero attached hydrogens (tertiary/aromatic N) is 1. The van der Waals surface area contributed by atoms with Gasteiger partial charge in [0.2, 0.25) is 5.91 Å². The summed E-state index contributed by atoms with van der Waals surface area (Å²) in [7, 11) is 1.82. The third-order valence-corrected chi connectivity index (χ3v) is 3.45. The Morgan fingerprint density at radius 3 is 2.81 bits per heavy atom. The minimum absolute atomic E-state index is 0.0380. The molecular weight excluding hydrogens is 200 g/mol. The predicted octanol–water partition coefficient (Wildman–Crippen LogP) is 2.18. The zero-order valence-electron chi connectivity index (χ0n) is 10.0. The highest BCUT2D eigenvalue weighted by Crippen LogP contribution is 2.37. The van der Waals surface area contributed by atoms with Gasteiger partial charge in [0.15, 0.2) is 0 Å². The van der Waals surface area contributed by atoms with Crippen LogP contribution < -0.4 is 10.6 Å². The Kier molecular flexibility index (Phi) is 2.72. The molecule has 1 aromatic rings. The smallest absolute Gasteiger partial charge is 0.234 e. The molecule has 1 heterocycles. The average Bonchev–Trinajstić information content (AvgIpc) is 2.53. The van der Waals surface area contributed by atoms with E-state index < -0.39 is 0 Å². The first-order valence-electron chi connectivity index (χ1n) is 5.73. The normalized spacial score (nSPS) is 21.1. The third kappa shape index (κ3) is 1.52. The molecule has 1 aliphatic rings. The minimum Gasteiger partial charge on any atom is -0.324 e. The van der Waals surface area contributed by atoms with Crippen LogP contribution in [0.5, 0.6) is 0 Å². The van der Waals surface area contributed by atoms with Crippen LogP contribution in [0.25, 0.3) is 0 Å². The second-order valence-electron chi connectivity index (χ2n) is 4.45. The van der Waals surface area contributed by atoms with E-state index in [-0.39, 0.29) is 17.9 Å². The molecule has 0 saturated carbocycles. The van der Waals surface area contributed by atoms with E-state index in [1.54, 1.807) is 4.90 Å². The van der Waals surface area contributed by atoms with Crippen molar-refractivity contribution in [2.45, 2.75) is 32.2 Å². The third-order valence-electron chi connectivity index (χ3n) is 3.45. The first-order valence-corrected chi connectivity index (χ1v) is 5.73. The molecule has 1 aliphatic heterocycles. The molecular formula is C13H18N2O. The number of likely N-dealkylation sites (N-methyl/N-ethyl adjacent to an activating group) is 1. The second kappa shape index (κ2) is 3.91. The van der Waals surface area contributed by atoms with Crippen LogP contribution in [0.4, 0.5) is 5.69 Å². The van der Waals surface area contributed by atoms with Gasteiger partial charge in [0, 0.05) is 18.8 Å². The monoisotopic (exact) mass is 218 g/mol. The van der Waals surface area contributed by atoms with E-state index in [1.165, 1.54) is 0 Å². The lowest BCUT2D eigenvalue weighted by Crippen LogP contribution is -2.22. The topological polar surface area (TPSA) is 46.3 Å². The summed E-state index contributed by atoms with van der Waals surface area (Å²) in [5.74, 6) is 0.126. The molecule has 86 valence electrons. The van der Waals surface area contributed by atoms with Crippen LogP contribution in [-0.2, 0) is 4.79 Å². The molecule has 1 amide bonds. The van der Waals surface area contributed by atoms with Gasteiger partial charge in [0.1, 0.15) is 0 Å². The number of carbonyl (C=O) groups excluding carboxylic acids is 1. The van der Waals surface area contributed by atoms with Crippen molar-refractivity contribution >= 4 is 11.6 Å². The molecule has 2 N–H and O–H groups in total. The van der Waals surface area contributed by atoms with Crippen molar-refractivity contribution in [2.75, 3.05) is 11.9 Å². The Labute approximate surface area is 96.2 Å². The van der Waals surface area contributed by atoms with Crippen LogP contribution in [0.1, 0.15) is 43.4 Å². The van der Waals surface area contributed by atoms with Gasteiger partial charge < -0.3 is 10.6 Å². The van der Waals surface area contributed by atoms with Crippen molar-refractivity contribution in [1.82, 2.24) is 0 Å². The van der Waals surface area contributed by atoms with E-state index in [0.717, 1.165) is 23.2 Å². The summed E-state index contributed by atoms with van der Waals surface area (Å²) in [6.07, 6.45) is 0.914. The average molecular weight is 218 g/mol. The Morgan fingerprint density at radius 1 is 1.50 bits per heavy atom. The molecule has 3 nitrogen and oxygen atoms in total. The van der Waals surface area contributed by atoms with Gasteiger partial charge in [-0.1, -0.05) is 19.1 Å². The van der Waals surface area contributed by atoms with E-state index in [2.05, 4.69) is 13.0 Å². The zero-order chi connectivity index (χ0) is 11.9. The van der Waals surface area contributed by atoms with E-state index in [1.807, 2.05) is 26.1 Å². The number of nitrogens with two attached hydrogens (primary N) is 1. The van der Waals surface area contributed by atoms with Gasteiger partial charge in [-0.05, 0) is 30.5 Å². The van der Waals surface area contributed by atoms with E-state index in [0.29, 0.717) is 0 Å². The molecule has 0 aliphatic carbocycles. The number of hydrogen-bond donors (Lipinski definition) is 1. The number of rotatable bonds is 2. The molecule has 0 aromatic heterocycles. The number of hydrogen-bond acceptors (Lipinski definition) is 2. The van der Waals surface area contributed by atoms with Crippen molar-refractivity contribution in [3.05, 3.63) is 29.3 Å². The lowest BCUT2D eigenvalue weighted by atomic mass is 9.97. The Hall–Kier alpha value is -1.35. The van der Waals surface area contributed by atoms with E-state index in [4.69, 9.17) is 5.73 Å². The van der Waals surface area contributed by atoms with Crippen LogP contribution >= 0.6 is 0 Å². The van der Waals surface area contributed by atoms with Gasteiger partial charge in [-0.15, -0.1) is 0 Å². The van der Waals surface area contributed by atoms with Gasteiger partial charge >= 0.3 is 0 Å². The quantitative estimate of drug-likeness (QED) is 0.827. The van der Waals surface area contributed by atoms with Crippen molar-refractivity contribution in [3.63, 3.8) is 0 Å². The molecule has 0 radical (unpaired) electrons. The van der Waals surface area contributed by atoms with Crippen LogP contribution in [0.2, 0.25) is 0 Å². The largest absolute Gasteiger partial charge is 0.324 e. The van der Waals surface area contributed by atoms with E-state index >= 15 is 0 Å². The summed E-state index contributed by atoms with van der Waals surface area (Å²) < 4.78 is 0. The predicted molar refractivity (Wildman–Crippen MR) is 65.5 cm³/mol. The van der Waals surface area contributed by atoms with Crippen LogP contribution in [-0.4, -0.2) is 13.0 Å². The van der Waals surface area contributed by atoms with E-state index in [9.17, 15) is 4.79 Å². The molecule has 0 spiro atoms. The SMILES string of the molecule is CCC(N)c1ccc2c(c1)C(C)C(=O)N2C. The lowest BCUT2D eigenvalue weighted by molar-refractivity contribution is -0.118. The second-order valence-corrected chi connectivity index (χ2v) is 4.45. The standard InChI is InChI=1S/C13H18N2O/c1-4-11(14)9-5-6-12-10(7-9)8(2)13(16)15(12)3/h5-8,11H,4,14H2,1-3H3. The fraction of sp³-hybridized carbons (Fsp3) is 0.462. The maximum absolute atomic E-state index is 11.8. The molecule has 2 rings (SSSR count). The number of fused-ring (bicyclic) bond motifs is 1. The summed E-state index contributed by atoms with van der Waals surface area (Å²) in [5, 5.41) is 0. The summed E-state index contributed by atoms with van der Waals surface area (Å²) in [5.41, 5.74) is 9.25. The molecule has 0 fully saturated rings. The minimum atomic E-state index is -0.0380. The van der Waals surface area contributed by atoms with Gasteiger partial charge in [-0.25, -0.2) is 0 Å². The van der Waals surface area contributed by atoms with Crippen molar-refractivity contribution in [3.8, 4) is 0 Å².